The Morgan fingerprint density at radius 3 is 1.30 bits per heavy atom. The first-order chi connectivity index (χ1) is 21.4. The number of esters is 1. The Kier molecular flexibility index (Phi) is 8.19. The topological polar surface area (TPSA) is 43.4 Å². The Labute approximate surface area is 279 Å². The highest BCUT2D eigenvalue weighted by atomic mass is 32.3. The Morgan fingerprint density at radius 1 is 0.630 bits per heavy atom. The minimum Gasteiger partial charge on any atom is -0.455 e. The molecule has 4 aliphatic carbocycles. The summed E-state index contributed by atoms with van der Waals surface area (Å²) in [6.07, 6.45) is 4.12. The lowest BCUT2D eigenvalue weighted by atomic mass is 9.49. The maximum absolute atomic E-state index is 14.4. The summed E-state index contributed by atoms with van der Waals surface area (Å²) < 4.78 is 6.67. The highest BCUT2D eigenvalue weighted by molar-refractivity contribution is 8.33. The van der Waals surface area contributed by atoms with Crippen molar-refractivity contribution < 1.29 is 14.3 Å². The van der Waals surface area contributed by atoms with Gasteiger partial charge in [0.1, 0.15) is 11.7 Å². The molecule has 7 rings (SSSR count). The number of rotatable bonds is 6. The summed E-state index contributed by atoms with van der Waals surface area (Å²) in [6, 6.07) is 27.2. The number of hydrogen-bond acceptors (Lipinski definition) is 3. The standard InChI is InChI=1S/C42H54O3S/c1-39(2,3)31-10-16-34(17-11-31)46(35-18-12-32(13-19-35)40(4,5)6,36-20-14-33(15-21-36)41(7,8)9)27-45-38(44)42-24-28-22-29(25-42)37(43)30(23-28)26-42/h10-21,28-30H,22-27H2,1-9H3. The van der Waals surface area contributed by atoms with Crippen LogP contribution in [0.5, 0.6) is 0 Å². The molecule has 2 atom stereocenters. The van der Waals surface area contributed by atoms with Crippen molar-refractivity contribution in [2.75, 3.05) is 5.94 Å². The van der Waals surface area contributed by atoms with E-state index in [0.29, 0.717) is 30.5 Å². The molecule has 0 N–H and O–H groups in total. The van der Waals surface area contributed by atoms with Crippen LogP contribution in [0, 0.1) is 23.2 Å². The van der Waals surface area contributed by atoms with Gasteiger partial charge in [-0.25, -0.2) is 0 Å². The maximum Gasteiger partial charge on any atom is 0.312 e. The molecule has 4 fully saturated rings. The predicted octanol–water partition coefficient (Wildman–Crippen LogP) is 10.8. The summed E-state index contributed by atoms with van der Waals surface area (Å²) in [4.78, 5) is 30.9. The molecular formula is C42H54O3S. The molecule has 4 saturated carbocycles. The van der Waals surface area contributed by atoms with E-state index in [1.54, 1.807) is 0 Å². The summed E-state index contributed by atoms with van der Waals surface area (Å²) in [5.41, 5.74) is 3.42. The number of hydrogen-bond donors (Lipinski definition) is 0. The van der Waals surface area contributed by atoms with Crippen LogP contribution in [0.4, 0.5) is 0 Å². The Balaban J connectivity index is 1.48. The predicted molar refractivity (Wildman–Crippen MR) is 190 cm³/mol. The molecule has 0 heterocycles. The first kappa shape index (κ1) is 33.1. The fourth-order valence-electron chi connectivity index (χ4n) is 8.47. The molecule has 3 aromatic rings. The van der Waals surface area contributed by atoms with Crippen LogP contribution >= 0.6 is 10.0 Å². The number of carbonyl (C=O) groups is 2. The van der Waals surface area contributed by atoms with Crippen molar-refractivity contribution in [1.29, 1.82) is 0 Å². The van der Waals surface area contributed by atoms with Gasteiger partial charge in [-0.15, -0.1) is 10.0 Å². The zero-order valence-corrected chi connectivity index (χ0v) is 30.4. The molecule has 0 radical (unpaired) electrons. The third-order valence-corrected chi connectivity index (χ3v) is 14.9. The SMILES string of the molecule is CC(C)(C)c1ccc(S(COC(=O)C23CC4CC(C2)C(=O)C(C4)C3)(c2ccc(C(C)(C)C)cc2)c2ccc(C(C)(C)C)cc2)cc1. The summed E-state index contributed by atoms with van der Waals surface area (Å²) in [6.45, 7) is 20.2. The minimum absolute atomic E-state index is 0.0294. The largest absolute Gasteiger partial charge is 0.455 e. The molecule has 0 aromatic heterocycles. The zero-order chi connectivity index (χ0) is 33.3. The lowest BCUT2D eigenvalue weighted by Gasteiger charge is -2.54. The maximum atomic E-state index is 14.4. The van der Waals surface area contributed by atoms with Crippen molar-refractivity contribution in [1.82, 2.24) is 0 Å². The Hall–Kier alpha value is -2.85. The molecule has 246 valence electrons. The van der Waals surface area contributed by atoms with E-state index in [0.717, 1.165) is 19.3 Å². The average molecular weight is 639 g/mol. The minimum atomic E-state index is -2.01. The second-order valence-electron chi connectivity index (χ2n) is 17.6. The van der Waals surface area contributed by atoms with Gasteiger partial charge in [0, 0.05) is 26.5 Å². The molecule has 0 amide bonds. The summed E-state index contributed by atoms with van der Waals surface area (Å²) in [5, 5.41) is 0. The molecule has 0 saturated heterocycles. The zero-order valence-electron chi connectivity index (χ0n) is 29.5. The highest BCUT2D eigenvalue weighted by Gasteiger charge is 2.59. The normalized spacial score (nSPS) is 25.1. The van der Waals surface area contributed by atoms with Gasteiger partial charge in [-0.2, -0.15) is 0 Å². The second-order valence-corrected chi connectivity index (χ2v) is 20.8. The molecule has 0 spiro atoms. The van der Waals surface area contributed by atoms with Crippen LogP contribution in [-0.2, 0) is 30.6 Å². The van der Waals surface area contributed by atoms with Crippen molar-refractivity contribution >= 4 is 21.8 Å². The van der Waals surface area contributed by atoms with E-state index in [-0.39, 0.29) is 34.1 Å². The number of ether oxygens (including phenoxy) is 1. The van der Waals surface area contributed by atoms with E-state index >= 15 is 0 Å². The van der Waals surface area contributed by atoms with Gasteiger partial charge in [-0.1, -0.05) is 98.7 Å². The van der Waals surface area contributed by atoms with E-state index in [1.165, 1.54) is 31.4 Å². The molecule has 0 aliphatic heterocycles. The van der Waals surface area contributed by atoms with Gasteiger partial charge < -0.3 is 4.74 Å². The first-order valence-electron chi connectivity index (χ1n) is 17.3. The van der Waals surface area contributed by atoms with Gasteiger partial charge in [-0.3, -0.25) is 9.59 Å². The van der Waals surface area contributed by atoms with E-state index in [9.17, 15) is 9.59 Å². The van der Waals surface area contributed by atoms with E-state index in [2.05, 4.69) is 135 Å². The molecule has 3 nitrogen and oxygen atoms in total. The van der Waals surface area contributed by atoms with Crippen LogP contribution in [0.15, 0.2) is 87.5 Å². The van der Waals surface area contributed by atoms with Gasteiger partial charge in [-0.05, 0) is 107 Å². The molecule has 2 unspecified atom stereocenters. The Bertz CT molecular complexity index is 1440. The number of carbonyl (C=O) groups excluding carboxylic acids is 2. The van der Waals surface area contributed by atoms with Crippen molar-refractivity contribution in [2.45, 2.75) is 125 Å². The monoisotopic (exact) mass is 638 g/mol. The smallest absolute Gasteiger partial charge is 0.312 e. The molecule has 4 bridgehead atoms. The van der Waals surface area contributed by atoms with Gasteiger partial charge in [0.15, 0.2) is 0 Å². The van der Waals surface area contributed by atoms with Crippen LogP contribution in [0.25, 0.3) is 0 Å². The molecule has 46 heavy (non-hydrogen) atoms. The first-order valence-corrected chi connectivity index (χ1v) is 19.1. The van der Waals surface area contributed by atoms with E-state index in [4.69, 9.17) is 4.74 Å². The van der Waals surface area contributed by atoms with E-state index in [1.807, 2.05) is 0 Å². The third kappa shape index (κ3) is 5.89. The van der Waals surface area contributed by atoms with Gasteiger partial charge >= 0.3 is 5.97 Å². The average Bonchev–Trinajstić information content (AvgIpc) is 2.99. The van der Waals surface area contributed by atoms with Crippen molar-refractivity contribution in [3.05, 3.63) is 89.5 Å². The fourth-order valence-corrected chi connectivity index (χ4v) is 11.8. The van der Waals surface area contributed by atoms with Gasteiger partial charge in [0.2, 0.25) is 0 Å². The molecule has 4 aliphatic rings. The van der Waals surface area contributed by atoms with Gasteiger partial charge in [0.05, 0.1) is 5.41 Å². The second kappa shape index (κ2) is 11.4. The van der Waals surface area contributed by atoms with Crippen LogP contribution in [0.1, 0.15) is 111 Å². The quantitative estimate of drug-likeness (QED) is 0.252. The van der Waals surface area contributed by atoms with Crippen molar-refractivity contribution in [3.8, 4) is 0 Å². The number of Topliss-reactive ketones (excluding diaryl/α,β-unsaturated/α-hetero) is 1. The number of ketones is 1. The molecule has 3 aromatic carbocycles. The molecular weight excluding hydrogens is 585 g/mol. The summed E-state index contributed by atoms with van der Waals surface area (Å²) in [5.74, 6) is 1.16. The summed E-state index contributed by atoms with van der Waals surface area (Å²) >= 11 is 0. The summed E-state index contributed by atoms with van der Waals surface area (Å²) in [7, 11) is -2.01. The molecule has 4 heteroatoms. The van der Waals surface area contributed by atoms with Crippen molar-refractivity contribution in [2.24, 2.45) is 23.2 Å². The fraction of sp³-hybridized carbons (Fsp3) is 0.524. The van der Waals surface area contributed by atoms with Crippen molar-refractivity contribution in [3.63, 3.8) is 0 Å². The lowest BCUT2D eigenvalue weighted by molar-refractivity contribution is -0.172. The highest BCUT2D eigenvalue weighted by Crippen LogP contribution is 2.69. The third-order valence-electron chi connectivity index (χ3n) is 11.2. The van der Waals surface area contributed by atoms with Crippen LogP contribution in [-0.4, -0.2) is 17.7 Å². The van der Waals surface area contributed by atoms with Crippen LogP contribution < -0.4 is 0 Å². The number of benzene rings is 3. The van der Waals surface area contributed by atoms with Crippen LogP contribution in [0.3, 0.4) is 0 Å². The van der Waals surface area contributed by atoms with Gasteiger partial charge in [0.25, 0.3) is 0 Å². The van der Waals surface area contributed by atoms with E-state index < -0.39 is 15.4 Å². The lowest BCUT2D eigenvalue weighted by Crippen LogP contribution is -2.55. The Morgan fingerprint density at radius 2 is 0.978 bits per heavy atom. The van der Waals surface area contributed by atoms with Crippen LogP contribution in [0.2, 0.25) is 0 Å².